The number of nitrogens with one attached hydrogen (secondary N) is 1. The van der Waals surface area contributed by atoms with Crippen molar-refractivity contribution in [3.8, 4) is 0 Å². The Balaban J connectivity index is 1.64. The van der Waals surface area contributed by atoms with Gasteiger partial charge in [-0.15, -0.1) is 0 Å². The summed E-state index contributed by atoms with van der Waals surface area (Å²) < 4.78 is 18.8. The number of halogens is 1. The van der Waals surface area contributed by atoms with E-state index in [2.05, 4.69) is 5.32 Å². The van der Waals surface area contributed by atoms with E-state index in [-0.39, 0.29) is 24.3 Å². The van der Waals surface area contributed by atoms with Gasteiger partial charge in [-0.25, -0.2) is 4.39 Å². The predicted octanol–water partition coefficient (Wildman–Crippen LogP) is 3.04. The smallest absolute Gasteiger partial charge is 0.231 e. The summed E-state index contributed by atoms with van der Waals surface area (Å²) in [5, 5.41) is 2.65. The first kappa shape index (κ1) is 14.9. The van der Waals surface area contributed by atoms with Crippen molar-refractivity contribution in [1.82, 2.24) is 4.90 Å². The molecule has 6 heteroatoms. The number of fused-ring (bicyclic) bond motifs is 1. The number of nitrogens with zero attached hydrogens (tertiary/aromatic N) is 1. The van der Waals surface area contributed by atoms with E-state index < -0.39 is 11.7 Å². The zero-order valence-electron chi connectivity index (χ0n) is 13.0. The molecule has 0 radical (unpaired) electrons. The predicted molar refractivity (Wildman–Crippen MR) is 84.7 cm³/mol. The van der Waals surface area contributed by atoms with Crippen LogP contribution in [0.5, 0.6) is 0 Å². The standard InChI is InChI=1S/C18H17FN2O3/c19-11-3-6-14-15(9-17(22)20-16(14)8-11)18(23)21(12-4-5-12)10-13-2-1-7-24-13/h1-3,6-8,12,15H,4-5,9-10H2,(H,20,22)/t15-/m0/s1. The highest BCUT2D eigenvalue weighted by molar-refractivity contribution is 6.01. The quantitative estimate of drug-likeness (QED) is 0.938. The van der Waals surface area contributed by atoms with Crippen LogP contribution in [0.25, 0.3) is 0 Å². The third-order valence-corrected chi connectivity index (χ3v) is 4.53. The highest BCUT2D eigenvalue weighted by Gasteiger charge is 2.39. The summed E-state index contributed by atoms with van der Waals surface area (Å²) in [5.74, 6) is -0.659. The lowest BCUT2D eigenvalue weighted by molar-refractivity contribution is -0.136. The summed E-state index contributed by atoms with van der Waals surface area (Å²) in [7, 11) is 0. The number of benzene rings is 1. The van der Waals surface area contributed by atoms with Gasteiger partial charge in [0.05, 0.1) is 18.7 Å². The zero-order valence-corrected chi connectivity index (χ0v) is 13.0. The third-order valence-electron chi connectivity index (χ3n) is 4.53. The Morgan fingerprint density at radius 1 is 1.33 bits per heavy atom. The summed E-state index contributed by atoms with van der Waals surface area (Å²) in [6.45, 7) is 0.394. The number of furan rings is 1. The van der Waals surface area contributed by atoms with Crippen LogP contribution in [0.4, 0.5) is 10.1 Å². The minimum absolute atomic E-state index is 0.0822. The molecule has 1 aliphatic carbocycles. The second kappa shape index (κ2) is 5.78. The molecule has 124 valence electrons. The van der Waals surface area contributed by atoms with Gasteiger partial charge in [0, 0.05) is 18.2 Å². The lowest BCUT2D eigenvalue weighted by Gasteiger charge is -2.30. The van der Waals surface area contributed by atoms with Crippen molar-refractivity contribution in [2.24, 2.45) is 0 Å². The minimum Gasteiger partial charge on any atom is -0.467 e. The van der Waals surface area contributed by atoms with Gasteiger partial charge in [-0.05, 0) is 42.7 Å². The van der Waals surface area contributed by atoms with Crippen LogP contribution in [0.2, 0.25) is 0 Å². The number of rotatable bonds is 4. The summed E-state index contributed by atoms with van der Waals surface area (Å²) in [6.07, 6.45) is 3.58. The van der Waals surface area contributed by atoms with Crippen molar-refractivity contribution in [1.29, 1.82) is 0 Å². The Kier molecular flexibility index (Phi) is 3.59. The molecule has 1 N–H and O–H groups in total. The molecule has 2 aromatic rings. The highest BCUT2D eigenvalue weighted by Crippen LogP contribution is 2.37. The molecule has 0 saturated heterocycles. The topological polar surface area (TPSA) is 62.6 Å². The number of carbonyl (C=O) groups excluding carboxylic acids is 2. The summed E-state index contributed by atoms with van der Waals surface area (Å²) in [6, 6.07) is 7.99. The van der Waals surface area contributed by atoms with Gasteiger partial charge in [0.25, 0.3) is 0 Å². The molecule has 1 aliphatic heterocycles. The molecule has 1 atom stereocenters. The Morgan fingerprint density at radius 2 is 2.17 bits per heavy atom. The van der Waals surface area contributed by atoms with Gasteiger partial charge in [0.1, 0.15) is 11.6 Å². The Bertz CT molecular complexity index is 784. The van der Waals surface area contributed by atoms with Crippen molar-refractivity contribution >= 4 is 17.5 Å². The first-order chi connectivity index (χ1) is 11.6. The Morgan fingerprint density at radius 3 is 2.88 bits per heavy atom. The van der Waals surface area contributed by atoms with Crippen LogP contribution in [0.3, 0.4) is 0 Å². The van der Waals surface area contributed by atoms with Crippen LogP contribution in [0.1, 0.15) is 36.5 Å². The molecule has 1 aromatic carbocycles. The molecule has 4 rings (SSSR count). The normalized spacial score (nSPS) is 19.5. The maximum atomic E-state index is 13.4. The Labute approximate surface area is 138 Å². The molecule has 0 bridgehead atoms. The molecule has 2 amide bonds. The molecule has 2 aliphatic rings. The van der Waals surface area contributed by atoms with Crippen LogP contribution in [-0.4, -0.2) is 22.8 Å². The van der Waals surface area contributed by atoms with E-state index in [1.807, 2.05) is 6.07 Å². The van der Waals surface area contributed by atoms with Gasteiger partial charge in [-0.3, -0.25) is 9.59 Å². The molecule has 2 heterocycles. The van der Waals surface area contributed by atoms with Crippen LogP contribution < -0.4 is 5.32 Å². The second-order valence-corrected chi connectivity index (χ2v) is 6.31. The summed E-state index contributed by atoms with van der Waals surface area (Å²) in [5.41, 5.74) is 1.06. The summed E-state index contributed by atoms with van der Waals surface area (Å²) >= 11 is 0. The van der Waals surface area contributed by atoms with E-state index in [1.54, 1.807) is 23.3 Å². The second-order valence-electron chi connectivity index (χ2n) is 6.31. The Hall–Kier alpha value is -2.63. The van der Waals surface area contributed by atoms with Gasteiger partial charge in [-0.1, -0.05) is 6.07 Å². The van der Waals surface area contributed by atoms with Crippen molar-refractivity contribution in [2.75, 3.05) is 5.32 Å². The summed E-state index contributed by atoms with van der Waals surface area (Å²) in [4.78, 5) is 26.9. The molecule has 24 heavy (non-hydrogen) atoms. The van der Waals surface area contributed by atoms with E-state index in [4.69, 9.17) is 4.42 Å². The van der Waals surface area contributed by atoms with Gasteiger partial charge in [0.15, 0.2) is 0 Å². The highest BCUT2D eigenvalue weighted by atomic mass is 19.1. The van der Waals surface area contributed by atoms with Crippen molar-refractivity contribution in [3.05, 3.63) is 53.7 Å². The molecular formula is C18H17FN2O3. The van der Waals surface area contributed by atoms with E-state index >= 15 is 0 Å². The number of hydrogen-bond acceptors (Lipinski definition) is 3. The van der Waals surface area contributed by atoms with E-state index in [0.717, 1.165) is 18.6 Å². The van der Waals surface area contributed by atoms with E-state index in [1.165, 1.54) is 12.1 Å². The van der Waals surface area contributed by atoms with Crippen molar-refractivity contribution in [2.45, 2.75) is 37.8 Å². The lowest BCUT2D eigenvalue weighted by Crippen LogP contribution is -2.39. The average molecular weight is 328 g/mol. The fraction of sp³-hybridized carbons (Fsp3) is 0.333. The maximum Gasteiger partial charge on any atom is 0.231 e. The number of anilines is 1. The molecule has 0 unspecified atom stereocenters. The zero-order chi connectivity index (χ0) is 16.7. The van der Waals surface area contributed by atoms with Gasteiger partial charge >= 0.3 is 0 Å². The van der Waals surface area contributed by atoms with Crippen LogP contribution >= 0.6 is 0 Å². The van der Waals surface area contributed by atoms with E-state index in [0.29, 0.717) is 17.8 Å². The van der Waals surface area contributed by atoms with Gasteiger partial charge in [0.2, 0.25) is 11.8 Å². The van der Waals surface area contributed by atoms with Crippen molar-refractivity contribution in [3.63, 3.8) is 0 Å². The molecule has 1 fully saturated rings. The van der Waals surface area contributed by atoms with Gasteiger partial charge in [-0.2, -0.15) is 0 Å². The first-order valence-electron chi connectivity index (χ1n) is 8.04. The average Bonchev–Trinajstić information content (AvgIpc) is 3.27. The molecule has 5 nitrogen and oxygen atoms in total. The van der Waals surface area contributed by atoms with Gasteiger partial charge < -0.3 is 14.6 Å². The molecular weight excluding hydrogens is 311 g/mol. The largest absolute Gasteiger partial charge is 0.467 e. The van der Waals surface area contributed by atoms with Crippen LogP contribution in [-0.2, 0) is 16.1 Å². The fourth-order valence-electron chi connectivity index (χ4n) is 3.20. The fourth-order valence-corrected chi connectivity index (χ4v) is 3.20. The van der Waals surface area contributed by atoms with E-state index in [9.17, 15) is 14.0 Å². The first-order valence-corrected chi connectivity index (χ1v) is 8.04. The van der Waals surface area contributed by atoms with Crippen LogP contribution in [0, 0.1) is 5.82 Å². The SMILES string of the molecule is O=C1C[C@H](C(=O)N(Cc2ccco2)C2CC2)c2ccc(F)cc2N1. The maximum absolute atomic E-state index is 13.4. The monoisotopic (exact) mass is 328 g/mol. The molecule has 1 aromatic heterocycles. The van der Waals surface area contributed by atoms with Crippen molar-refractivity contribution < 1.29 is 18.4 Å². The molecule has 1 saturated carbocycles. The number of hydrogen-bond donors (Lipinski definition) is 1. The molecule has 0 spiro atoms. The lowest BCUT2D eigenvalue weighted by atomic mass is 9.89. The minimum atomic E-state index is -0.579. The van der Waals surface area contributed by atoms with Crippen LogP contribution in [0.15, 0.2) is 41.0 Å². The number of amides is 2. The number of carbonyl (C=O) groups is 2. The third kappa shape index (κ3) is 2.79.